The number of nitrogens with one attached hydrogen (secondary N) is 1. The number of nitrogens with two attached hydrogens (primary N) is 1. The van der Waals surface area contributed by atoms with Gasteiger partial charge in [0.05, 0.1) is 11.4 Å². The first kappa shape index (κ1) is 9.02. The van der Waals surface area contributed by atoms with Gasteiger partial charge in [-0.3, -0.25) is 0 Å². The number of aromatic nitrogens is 1. The van der Waals surface area contributed by atoms with Crippen LogP contribution in [0.25, 0.3) is 0 Å². The predicted molar refractivity (Wildman–Crippen MR) is 61.0 cm³/mol. The summed E-state index contributed by atoms with van der Waals surface area (Å²) < 4.78 is 0. The number of nitrogens with zero attached hydrogens (tertiary/aromatic N) is 1. The lowest BCUT2D eigenvalue weighted by atomic mass is 10.3. The van der Waals surface area contributed by atoms with Gasteiger partial charge >= 0.3 is 0 Å². The van der Waals surface area contributed by atoms with Crippen molar-refractivity contribution in [2.45, 2.75) is 6.92 Å². The number of anilines is 3. The molecule has 0 bridgehead atoms. The van der Waals surface area contributed by atoms with Crippen molar-refractivity contribution < 1.29 is 0 Å². The third-order valence-corrected chi connectivity index (χ3v) is 2.53. The standard InChI is InChI=1S/C10H11N3S/c1-7-2-3-9(11)10(12-7)13-8-4-5-14-6-8/h2-6H,11H2,1H3,(H,12,13). The van der Waals surface area contributed by atoms with E-state index in [4.69, 9.17) is 5.73 Å². The van der Waals surface area contributed by atoms with E-state index in [-0.39, 0.29) is 0 Å². The Morgan fingerprint density at radius 1 is 1.36 bits per heavy atom. The van der Waals surface area contributed by atoms with Crippen LogP contribution in [0.4, 0.5) is 17.2 Å². The van der Waals surface area contributed by atoms with Crippen LogP contribution in [0.5, 0.6) is 0 Å². The fourth-order valence-corrected chi connectivity index (χ4v) is 1.73. The highest BCUT2D eigenvalue weighted by Gasteiger charge is 2.01. The Morgan fingerprint density at radius 3 is 2.93 bits per heavy atom. The molecule has 14 heavy (non-hydrogen) atoms. The van der Waals surface area contributed by atoms with E-state index < -0.39 is 0 Å². The van der Waals surface area contributed by atoms with Crippen molar-refractivity contribution in [2.75, 3.05) is 11.1 Å². The minimum absolute atomic E-state index is 0.668. The van der Waals surface area contributed by atoms with Gasteiger partial charge in [0.25, 0.3) is 0 Å². The summed E-state index contributed by atoms with van der Waals surface area (Å²) in [7, 11) is 0. The summed E-state index contributed by atoms with van der Waals surface area (Å²) in [5.74, 6) is 0.725. The highest BCUT2D eigenvalue weighted by molar-refractivity contribution is 7.08. The molecular weight excluding hydrogens is 194 g/mol. The van der Waals surface area contributed by atoms with Crippen LogP contribution in [0.15, 0.2) is 29.0 Å². The first-order valence-electron chi connectivity index (χ1n) is 4.28. The number of nitrogen functional groups attached to an aromatic ring is 1. The summed E-state index contributed by atoms with van der Waals surface area (Å²) in [6, 6.07) is 5.75. The lowest BCUT2D eigenvalue weighted by molar-refractivity contribution is 1.20. The van der Waals surface area contributed by atoms with Crippen molar-refractivity contribution in [1.82, 2.24) is 4.98 Å². The molecule has 2 rings (SSSR count). The Bertz CT molecular complexity index is 423. The molecule has 2 heterocycles. The average molecular weight is 205 g/mol. The molecule has 0 aromatic carbocycles. The molecule has 2 aromatic rings. The fraction of sp³-hybridized carbons (Fsp3) is 0.100. The zero-order chi connectivity index (χ0) is 9.97. The van der Waals surface area contributed by atoms with Crippen molar-refractivity contribution in [3.63, 3.8) is 0 Å². The number of thiophene rings is 1. The number of rotatable bonds is 2. The number of pyridine rings is 1. The summed E-state index contributed by atoms with van der Waals surface area (Å²) in [4.78, 5) is 4.32. The quantitative estimate of drug-likeness (QED) is 0.792. The fourth-order valence-electron chi connectivity index (χ4n) is 1.14. The van der Waals surface area contributed by atoms with Gasteiger partial charge in [-0.1, -0.05) is 0 Å². The molecule has 0 radical (unpaired) electrons. The highest BCUT2D eigenvalue weighted by atomic mass is 32.1. The van der Waals surface area contributed by atoms with Gasteiger partial charge in [-0.25, -0.2) is 4.98 Å². The van der Waals surface area contributed by atoms with Crippen molar-refractivity contribution in [1.29, 1.82) is 0 Å². The molecule has 0 aliphatic rings. The normalized spacial score (nSPS) is 10.1. The largest absolute Gasteiger partial charge is 0.396 e. The predicted octanol–water partition coefficient (Wildman–Crippen LogP) is 2.78. The van der Waals surface area contributed by atoms with Crippen molar-refractivity contribution in [3.05, 3.63) is 34.7 Å². The van der Waals surface area contributed by atoms with Crippen molar-refractivity contribution in [3.8, 4) is 0 Å². The van der Waals surface area contributed by atoms with E-state index in [0.717, 1.165) is 17.2 Å². The van der Waals surface area contributed by atoms with Gasteiger partial charge in [-0.05, 0) is 30.5 Å². The van der Waals surface area contributed by atoms with Crippen LogP contribution in [0.2, 0.25) is 0 Å². The SMILES string of the molecule is Cc1ccc(N)c(Nc2ccsc2)n1. The minimum atomic E-state index is 0.668. The summed E-state index contributed by atoms with van der Waals surface area (Å²) in [6.45, 7) is 1.94. The monoisotopic (exact) mass is 205 g/mol. The third-order valence-electron chi connectivity index (χ3n) is 1.85. The van der Waals surface area contributed by atoms with E-state index in [1.165, 1.54) is 0 Å². The first-order chi connectivity index (χ1) is 6.75. The van der Waals surface area contributed by atoms with E-state index in [2.05, 4.69) is 10.3 Å². The smallest absolute Gasteiger partial charge is 0.153 e. The lowest BCUT2D eigenvalue weighted by Gasteiger charge is -2.06. The molecule has 0 spiro atoms. The molecule has 0 unspecified atom stereocenters. The van der Waals surface area contributed by atoms with Gasteiger partial charge in [0.1, 0.15) is 0 Å². The number of aryl methyl sites for hydroxylation is 1. The molecule has 4 heteroatoms. The highest BCUT2D eigenvalue weighted by Crippen LogP contribution is 2.22. The Hall–Kier alpha value is -1.55. The summed E-state index contributed by atoms with van der Waals surface area (Å²) in [5, 5.41) is 7.19. The maximum Gasteiger partial charge on any atom is 0.153 e. The maximum absolute atomic E-state index is 5.78. The molecule has 72 valence electrons. The molecule has 0 saturated carbocycles. The third kappa shape index (κ3) is 1.85. The zero-order valence-electron chi connectivity index (χ0n) is 7.82. The van der Waals surface area contributed by atoms with Crippen LogP contribution in [-0.4, -0.2) is 4.98 Å². The Kier molecular flexibility index (Phi) is 2.37. The number of hydrogen-bond donors (Lipinski definition) is 2. The van der Waals surface area contributed by atoms with E-state index in [1.54, 1.807) is 11.3 Å². The van der Waals surface area contributed by atoms with Gasteiger partial charge in [0.15, 0.2) is 5.82 Å². The molecule has 0 fully saturated rings. The Morgan fingerprint density at radius 2 is 2.21 bits per heavy atom. The Labute approximate surface area is 86.6 Å². The van der Waals surface area contributed by atoms with E-state index in [0.29, 0.717) is 5.69 Å². The van der Waals surface area contributed by atoms with E-state index >= 15 is 0 Å². The molecule has 3 nitrogen and oxygen atoms in total. The lowest BCUT2D eigenvalue weighted by Crippen LogP contribution is -1.99. The van der Waals surface area contributed by atoms with Gasteiger partial charge in [0.2, 0.25) is 0 Å². The molecule has 0 atom stereocenters. The molecule has 0 aliphatic carbocycles. The topological polar surface area (TPSA) is 50.9 Å². The molecule has 0 saturated heterocycles. The van der Waals surface area contributed by atoms with Crippen LogP contribution < -0.4 is 11.1 Å². The first-order valence-corrected chi connectivity index (χ1v) is 5.22. The zero-order valence-corrected chi connectivity index (χ0v) is 8.64. The second-order valence-corrected chi connectivity index (χ2v) is 3.81. The number of hydrogen-bond acceptors (Lipinski definition) is 4. The van der Waals surface area contributed by atoms with Crippen LogP contribution >= 0.6 is 11.3 Å². The van der Waals surface area contributed by atoms with Crippen LogP contribution in [0, 0.1) is 6.92 Å². The summed E-state index contributed by atoms with van der Waals surface area (Å²) >= 11 is 1.64. The van der Waals surface area contributed by atoms with Crippen molar-refractivity contribution >= 4 is 28.5 Å². The van der Waals surface area contributed by atoms with E-state index in [1.807, 2.05) is 35.9 Å². The molecule has 0 amide bonds. The molecule has 3 N–H and O–H groups in total. The van der Waals surface area contributed by atoms with Crippen LogP contribution in [0.3, 0.4) is 0 Å². The summed E-state index contributed by atoms with van der Waals surface area (Å²) in [6.07, 6.45) is 0. The second-order valence-electron chi connectivity index (χ2n) is 3.03. The van der Waals surface area contributed by atoms with Gasteiger partial charge in [0, 0.05) is 11.1 Å². The van der Waals surface area contributed by atoms with Gasteiger partial charge in [-0.2, -0.15) is 11.3 Å². The maximum atomic E-state index is 5.78. The minimum Gasteiger partial charge on any atom is -0.396 e. The van der Waals surface area contributed by atoms with Gasteiger partial charge < -0.3 is 11.1 Å². The van der Waals surface area contributed by atoms with Crippen molar-refractivity contribution in [2.24, 2.45) is 0 Å². The summed E-state index contributed by atoms with van der Waals surface area (Å²) in [5.41, 5.74) is 8.44. The Balaban J connectivity index is 2.28. The van der Waals surface area contributed by atoms with Crippen LogP contribution in [0.1, 0.15) is 5.69 Å². The molecule has 0 aliphatic heterocycles. The average Bonchev–Trinajstić information content (AvgIpc) is 2.64. The van der Waals surface area contributed by atoms with Gasteiger partial charge in [-0.15, -0.1) is 0 Å². The molecule has 2 aromatic heterocycles. The van der Waals surface area contributed by atoms with E-state index in [9.17, 15) is 0 Å². The second kappa shape index (κ2) is 3.67. The molecular formula is C10H11N3S. The van der Waals surface area contributed by atoms with Crippen LogP contribution in [-0.2, 0) is 0 Å².